The maximum atomic E-state index is 5.72. The van der Waals surface area contributed by atoms with Gasteiger partial charge in [0, 0.05) is 6.07 Å². The highest BCUT2D eigenvalue weighted by Gasteiger charge is 2.24. The molecule has 1 aromatic heterocycles. The third kappa shape index (κ3) is 3.50. The van der Waals surface area contributed by atoms with Crippen LogP contribution in [0.25, 0.3) is 0 Å². The molecular weight excluding hydrogens is 317 g/mol. The molecular formula is C12H16INO2. The maximum Gasteiger partial charge on any atom is 0.215 e. The number of hydrogen-bond donors (Lipinski definition) is 0. The van der Waals surface area contributed by atoms with E-state index in [2.05, 4.69) is 27.6 Å². The molecule has 1 fully saturated rings. The number of pyridine rings is 1. The summed E-state index contributed by atoms with van der Waals surface area (Å²) in [5.41, 5.74) is -0.213. The monoisotopic (exact) mass is 333 g/mol. The second-order valence-electron chi connectivity index (χ2n) is 4.98. The molecule has 0 saturated heterocycles. The quantitative estimate of drug-likeness (QED) is 0.795. The predicted octanol–water partition coefficient (Wildman–Crippen LogP) is 3.40. The van der Waals surface area contributed by atoms with Gasteiger partial charge in [-0.05, 0) is 56.2 Å². The van der Waals surface area contributed by atoms with Crippen molar-refractivity contribution in [2.75, 3.05) is 0 Å². The summed E-state index contributed by atoms with van der Waals surface area (Å²) in [6.07, 6.45) is 4.48. The number of nitrogens with zero attached hydrogens (tertiary/aromatic N) is 1. The van der Waals surface area contributed by atoms with E-state index in [0.717, 1.165) is 22.2 Å². The largest absolute Gasteiger partial charge is 0.488 e. The van der Waals surface area contributed by atoms with Crippen molar-refractivity contribution in [3.8, 4) is 11.6 Å². The van der Waals surface area contributed by atoms with Crippen LogP contribution in [0.1, 0.15) is 33.6 Å². The third-order valence-corrected chi connectivity index (χ3v) is 2.87. The van der Waals surface area contributed by atoms with Gasteiger partial charge in [-0.3, -0.25) is 0 Å². The van der Waals surface area contributed by atoms with Gasteiger partial charge in [0.1, 0.15) is 5.60 Å². The van der Waals surface area contributed by atoms with Crippen LogP contribution in [0.2, 0.25) is 0 Å². The summed E-state index contributed by atoms with van der Waals surface area (Å²) in [4.78, 5) is 4.25. The van der Waals surface area contributed by atoms with Crippen LogP contribution < -0.4 is 9.47 Å². The van der Waals surface area contributed by atoms with Crippen molar-refractivity contribution < 1.29 is 9.47 Å². The summed E-state index contributed by atoms with van der Waals surface area (Å²) in [7, 11) is 0. The highest BCUT2D eigenvalue weighted by Crippen LogP contribution is 2.31. The average Bonchev–Trinajstić information content (AvgIpc) is 2.90. The van der Waals surface area contributed by atoms with Gasteiger partial charge in [-0.25, -0.2) is 4.98 Å². The normalized spacial score (nSPS) is 16.0. The van der Waals surface area contributed by atoms with Gasteiger partial charge < -0.3 is 9.47 Å². The molecule has 1 aromatic rings. The Morgan fingerprint density at radius 3 is 2.56 bits per heavy atom. The molecule has 4 heteroatoms. The summed E-state index contributed by atoms with van der Waals surface area (Å²) >= 11 is 2.25. The van der Waals surface area contributed by atoms with E-state index >= 15 is 0 Å². The van der Waals surface area contributed by atoms with Crippen LogP contribution in [0.3, 0.4) is 0 Å². The molecule has 2 rings (SSSR count). The highest BCUT2D eigenvalue weighted by molar-refractivity contribution is 14.1. The van der Waals surface area contributed by atoms with Crippen LogP contribution in [0.4, 0.5) is 0 Å². The fraction of sp³-hybridized carbons (Fsp3) is 0.583. The molecule has 1 heterocycles. The minimum Gasteiger partial charge on any atom is -0.488 e. The Morgan fingerprint density at radius 1 is 1.38 bits per heavy atom. The fourth-order valence-electron chi connectivity index (χ4n) is 1.22. The first kappa shape index (κ1) is 12.0. The van der Waals surface area contributed by atoms with E-state index in [-0.39, 0.29) is 5.60 Å². The Hall–Kier alpha value is -0.520. The van der Waals surface area contributed by atoms with Gasteiger partial charge in [0.2, 0.25) is 5.88 Å². The van der Waals surface area contributed by atoms with E-state index in [1.807, 2.05) is 26.8 Å². The van der Waals surface area contributed by atoms with Gasteiger partial charge in [-0.2, -0.15) is 0 Å². The molecule has 3 nitrogen and oxygen atoms in total. The van der Waals surface area contributed by atoms with Gasteiger partial charge >= 0.3 is 0 Å². The van der Waals surface area contributed by atoms with Crippen LogP contribution in [0.15, 0.2) is 12.3 Å². The number of ether oxygens (including phenoxy) is 2. The SMILES string of the molecule is CC(C)(C)Oc1cc(I)c(OC2CC2)cn1. The lowest BCUT2D eigenvalue weighted by Crippen LogP contribution is -2.23. The van der Waals surface area contributed by atoms with Crippen molar-refractivity contribution in [1.82, 2.24) is 4.98 Å². The summed E-state index contributed by atoms with van der Waals surface area (Å²) in [5, 5.41) is 0. The van der Waals surface area contributed by atoms with Gasteiger partial charge in [0.15, 0.2) is 5.75 Å². The molecule has 0 aromatic carbocycles. The first-order chi connectivity index (χ1) is 7.44. The lowest BCUT2D eigenvalue weighted by atomic mass is 10.2. The summed E-state index contributed by atoms with van der Waals surface area (Å²) in [6.45, 7) is 6.03. The molecule has 0 aliphatic heterocycles. The van der Waals surface area contributed by atoms with E-state index in [1.165, 1.54) is 0 Å². The summed E-state index contributed by atoms with van der Waals surface area (Å²) < 4.78 is 12.5. The molecule has 0 spiro atoms. The van der Waals surface area contributed by atoms with Crippen LogP contribution in [0, 0.1) is 3.57 Å². The number of halogens is 1. The summed E-state index contributed by atoms with van der Waals surface area (Å²) in [6, 6.07) is 1.92. The van der Waals surface area contributed by atoms with Gasteiger partial charge in [0.25, 0.3) is 0 Å². The minimum absolute atomic E-state index is 0.213. The topological polar surface area (TPSA) is 31.4 Å². The Morgan fingerprint density at radius 2 is 2.06 bits per heavy atom. The van der Waals surface area contributed by atoms with Crippen LogP contribution in [-0.2, 0) is 0 Å². The van der Waals surface area contributed by atoms with Gasteiger partial charge in [-0.1, -0.05) is 0 Å². The Bertz CT molecular complexity index is 383. The molecule has 88 valence electrons. The van der Waals surface area contributed by atoms with Crippen molar-refractivity contribution in [3.05, 3.63) is 15.8 Å². The third-order valence-electron chi connectivity index (χ3n) is 2.02. The molecule has 1 aliphatic rings. The summed E-state index contributed by atoms with van der Waals surface area (Å²) in [5.74, 6) is 1.52. The first-order valence-corrected chi connectivity index (χ1v) is 6.53. The second-order valence-corrected chi connectivity index (χ2v) is 6.15. The molecule has 0 bridgehead atoms. The Kier molecular flexibility index (Phi) is 3.28. The number of hydrogen-bond acceptors (Lipinski definition) is 3. The van der Waals surface area contributed by atoms with E-state index in [0.29, 0.717) is 12.0 Å². The van der Waals surface area contributed by atoms with Crippen molar-refractivity contribution >= 4 is 22.6 Å². The van der Waals surface area contributed by atoms with Crippen molar-refractivity contribution in [3.63, 3.8) is 0 Å². The zero-order valence-electron chi connectivity index (χ0n) is 9.79. The standard InChI is InChI=1S/C12H16INO2/c1-12(2,3)16-11-6-9(13)10(7-14-11)15-8-4-5-8/h6-8H,4-5H2,1-3H3. The Balaban J connectivity index is 2.08. The van der Waals surface area contributed by atoms with Gasteiger partial charge in [-0.15, -0.1) is 0 Å². The molecule has 16 heavy (non-hydrogen) atoms. The zero-order chi connectivity index (χ0) is 11.8. The Labute approximate surface area is 110 Å². The van der Waals surface area contributed by atoms with Crippen molar-refractivity contribution in [1.29, 1.82) is 0 Å². The van der Waals surface area contributed by atoms with Crippen molar-refractivity contribution in [2.24, 2.45) is 0 Å². The molecule has 1 aliphatic carbocycles. The van der Waals surface area contributed by atoms with Crippen LogP contribution in [-0.4, -0.2) is 16.7 Å². The molecule has 0 radical (unpaired) electrons. The lowest BCUT2D eigenvalue weighted by Gasteiger charge is -2.20. The number of aromatic nitrogens is 1. The fourth-order valence-corrected chi connectivity index (χ4v) is 1.76. The molecule has 0 N–H and O–H groups in total. The molecule has 0 unspecified atom stereocenters. The first-order valence-electron chi connectivity index (χ1n) is 5.45. The van der Waals surface area contributed by atoms with E-state index in [4.69, 9.17) is 9.47 Å². The molecule has 1 saturated carbocycles. The minimum atomic E-state index is -0.213. The van der Waals surface area contributed by atoms with Crippen molar-refractivity contribution in [2.45, 2.75) is 45.3 Å². The van der Waals surface area contributed by atoms with Crippen LogP contribution >= 0.6 is 22.6 Å². The van der Waals surface area contributed by atoms with Crippen LogP contribution in [0.5, 0.6) is 11.6 Å². The smallest absolute Gasteiger partial charge is 0.215 e. The lowest BCUT2D eigenvalue weighted by molar-refractivity contribution is 0.123. The van der Waals surface area contributed by atoms with E-state index in [9.17, 15) is 0 Å². The second kappa shape index (κ2) is 4.39. The maximum absolute atomic E-state index is 5.72. The molecule has 0 amide bonds. The highest BCUT2D eigenvalue weighted by atomic mass is 127. The van der Waals surface area contributed by atoms with E-state index in [1.54, 1.807) is 6.20 Å². The zero-order valence-corrected chi connectivity index (χ0v) is 11.9. The van der Waals surface area contributed by atoms with E-state index < -0.39 is 0 Å². The average molecular weight is 333 g/mol. The molecule has 0 atom stereocenters. The van der Waals surface area contributed by atoms with Gasteiger partial charge in [0.05, 0.1) is 15.9 Å². The predicted molar refractivity (Wildman–Crippen MR) is 71.0 cm³/mol. The number of rotatable bonds is 3.